The molecule has 0 rings (SSSR count). The Bertz CT molecular complexity index is 249. The van der Waals surface area contributed by atoms with Crippen LogP contribution in [0.5, 0.6) is 0 Å². The summed E-state index contributed by atoms with van der Waals surface area (Å²) >= 11 is 0. The molecule has 0 radical (unpaired) electrons. The molecule has 0 spiro atoms. The molecule has 0 aromatic rings. The first-order valence-corrected chi connectivity index (χ1v) is 5.87. The Hall–Kier alpha value is -1.06. The Labute approximate surface area is 97.0 Å². The first-order chi connectivity index (χ1) is 7.47. The molecule has 0 unspecified atom stereocenters. The highest BCUT2D eigenvalue weighted by Gasteiger charge is 2.50. The van der Waals surface area contributed by atoms with Gasteiger partial charge in [0.1, 0.15) is 0 Å². The van der Waals surface area contributed by atoms with Gasteiger partial charge in [-0.05, 0) is 25.7 Å². The van der Waals surface area contributed by atoms with Gasteiger partial charge in [0.05, 0.1) is 6.61 Å². The van der Waals surface area contributed by atoms with E-state index in [1.54, 1.807) is 20.8 Å². The molecule has 0 amide bonds. The third-order valence-corrected chi connectivity index (χ3v) is 3.14. The fourth-order valence-corrected chi connectivity index (χ4v) is 2.08. The minimum atomic E-state index is -1.38. The van der Waals surface area contributed by atoms with E-state index in [0.717, 1.165) is 6.42 Å². The van der Waals surface area contributed by atoms with Gasteiger partial charge in [-0.1, -0.05) is 27.2 Å². The molecule has 0 heterocycles. The zero-order chi connectivity index (χ0) is 12.8. The molecule has 16 heavy (non-hydrogen) atoms. The molecule has 4 nitrogen and oxygen atoms in total. The lowest BCUT2D eigenvalue weighted by atomic mass is 9.72. The Morgan fingerprint density at radius 3 is 2.19 bits per heavy atom. The van der Waals surface area contributed by atoms with Crippen molar-refractivity contribution in [3.8, 4) is 0 Å². The van der Waals surface area contributed by atoms with Crippen LogP contribution in [0.2, 0.25) is 0 Å². The molecule has 1 N–H and O–H groups in total. The normalized spacial score (nSPS) is 16.2. The number of hydrogen-bond donors (Lipinski definition) is 1. The van der Waals surface area contributed by atoms with Gasteiger partial charge in [-0.2, -0.15) is 0 Å². The van der Waals surface area contributed by atoms with Crippen LogP contribution in [0, 0.1) is 11.3 Å². The fourth-order valence-electron chi connectivity index (χ4n) is 2.08. The maximum absolute atomic E-state index is 11.9. The number of esters is 1. The topological polar surface area (TPSA) is 63.6 Å². The summed E-state index contributed by atoms with van der Waals surface area (Å²) in [5, 5.41) is 9.32. The van der Waals surface area contributed by atoms with Crippen molar-refractivity contribution in [3.63, 3.8) is 0 Å². The maximum Gasteiger partial charge on any atom is 0.323 e. The van der Waals surface area contributed by atoms with Crippen LogP contribution >= 0.6 is 0 Å². The summed E-state index contributed by atoms with van der Waals surface area (Å²) in [5.41, 5.74) is -1.38. The van der Waals surface area contributed by atoms with E-state index < -0.39 is 17.4 Å². The Morgan fingerprint density at radius 2 is 1.88 bits per heavy atom. The highest BCUT2D eigenvalue weighted by Crippen LogP contribution is 2.36. The van der Waals surface area contributed by atoms with Gasteiger partial charge in [-0.25, -0.2) is 0 Å². The zero-order valence-corrected chi connectivity index (χ0v) is 10.6. The van der Waals surface area contributed by atoms with E-state index in [2.05, 4.69) is 0 Å². The number of hydrogen-bond acceptors (Lipinski definition) is 3. The second-order valence-corrected chi connectivity index (χ2v) is 4.04. The number of carboxylic acid groups (broad SMARTS) is 1. The zero-order valence-electron chi connectivity index (χ0n) is 10.6. The number of carboxylic acids is 1. The van der Waals surface area contributed by atoms with Gasteiger partial charge in [0.15, 0.2) is 5.41 Å². The Kier molecular flexibility index (Phi) is 6.08. The first-order valence-electron chi connectivity index (χ1n) is 5.87. The second kappa shape index (κ2) is 6.51. The SMILES string of the molecule is CCC[C@@H](C)[C@](CC)(C(=O)O)C(=O)OCC. The summed E-state index contributed by atoms with van der Waals surface area (Å²) in [6.07, 6.45) is 1.83. The van der Waals surface area contributed by atoms with Crippen LogP contribution < -0.4 is 0 Å². The van der Waals surface area contributed by atoms with Gasteiger partial charge in [0, 0.05) is 0 Å². The van der Waals surface area contributed by atoms with Crippen molar-refractivity contribution >= 4 is 11.9 Å². The lowest BCUT2D eigenvalue weighted by Crippen LogP contribution is -2.45. The number of carbonyl (C=O) groups excluding carboxylic acids is 1. The average molecular weight is 230 g/mol. The quantitative estimate of drug-likeness (QED) is 0.539. The summed E-state index contributed by atoms with van der Waals surface area (Å²) in [7, 11) is 0. The van der Waals surface area contributed by atoms with Crippen LogP contribution in [0.4, 0.5) is 0 Å². The molecule has 0 aromatic carbocycles. The maximum atomic E-state index is 11.9. The van der Waals surface area contributed by atoms with E-state index >= 15 is 0 Å². The molecule has 0 saturated carbocycles. The monoisotopic (exact) mass is 230 g/mol. The van der Waals surface area contributed by atoms with E-state index in [0.29, 0.717) is 6.42 Å². The highest BCUT2D eigenvalue weighted by molar-refractivity contribution is 5.99. The number of aliphatic carboxylic acids is 1. The van der Waals surface area contributed by atoms with Crippen molar-refractivity contribution in [2.75, 3.05) is 6.61 Å². The number of ether oxygens (including phenoxy) is 1. The van der Waals surface area contributed by atoms with Crippen molar-refractivity contribution in [2.24, 2.45) is 11.3 Å². The summed E-state index contributed by atoms with van der Waals surface area (Å²) in [5.74, 6) is -1.89. The smallest absolute Gasteiger partial charge is 0.323 e. The van der Waals surface area contributed by atoms with E-state index in [1.165, 1.54) is 0 Å². The van der Waals surface area contributed by atoms with Crippen molar-refractivity contribution in [1.29, 1.82) is 0 Å². The highest BCUT2D eigenvalue weighted by atomic mass is 16.5. The van der Waals surface area contributed by atoms with Crippen molar-refractivity contribution in [3.05, 3.63) is 0 Å². The molecular weight excluding hydrogens is 208 g/mol. The molecule has 0 aliphatic carbocycles. The third kappa shape index (κ3) is 2.74. The summed E-state index contributed by atoms with van der Waals surface area (Å²) < 4.78 is 4.91. The third-order valence-electron chi connectivity index (χ3n) is 3.14. The van der Waals surface area contributed by atoms with E-state index in [-0.39, 0.29) is 18.9 Å². The van der Waals surface area contributed by atoms with Crippen LogP contribution in [-0.4, -0.2) is 23.7 Å². The van der Waals surface area contributed by atoms with Gasteiger partial charge in [0.25, 0.3) is 0 Å². The van der Waals surface area contributed by atoms with Crippen LogP contribution in [0.25, 0.3) is 0 Å². The molecule has 0 fully saturated rings. The van der Waals surface area contributed by atoms with Crippen molar-refractivity contribution in [2.45, 2.75) is 47.0 Å². The summed E-state index contributed by atoms with van der Waals surface area (Å²) in [4.78, 5) is 23.2. The fraction of sp³-hybridized carbons (Fsp3) is 0.833. The molecule has 2 atom stereocenters. The molecule has 0 saturated heterocycles. The van der Waals surface area contributed by atoms with Gasteiger partial charge in [-0.15, -0.1) is 0 Å². The van der Waals surface area contributed by atoms with Gasteiger partial charge < -0.3 is 9.84 Å². The molecule has 0 bridgehead atoms. The molecule has 0 aliphatic rings. The van der Waals surface area contributed by atoms with E-state index in [9.17, 15) is 14.7 Å². The Balaban J connectivity index is 5.14. The predicted octanol–water partition coefficient (Wildman–Crippen LogP) is 2.47. The van der Waals surface area contributed by atoms with Crippen molar-refractivity contribution in [1.82, 2.24) is 0 Å². The van der Waals surface area contributed by atoms with Crippen LogP contribution in [0.3, 0.4) is 0 Å². The van der Waals surface area contributed by atoms with Crippen molar-refractivity contribution < 1.29 is 19.4 Å². The summed E-state index contributed by atoms with van der Waals surface area (Å²) in [6.45, 7) is 7.40. The first kappa shape index (κ1) is 14.9. The molecular formula is C12H22O4. The second-order valence-electron chi connectivity index (χ2n) is 4.04. The van der Waals surface area contributed by atoms with Crippen LogP contribution in [-0.2, 0) is 14.3 Å². The molecule has 0 aliphatic heterocycles. The minimum absolute atomic E-state index is 0.209. The van der Waals surface area contributed by atoms with Gasteiger partial charge >= 0.3 is 11.9 Å². The molecule has 94 valence electrons. The number of carbonyl (C=O) groups is 2. The van der Waals surface area contributed by atoms with E-state index in [4.69, 9.17) is 4.74 Å². The Morgan fingerprint density at radius 1 is 1.31 bits per heavy atom. The average Bonchev–Trinajstić information content (AvgIpc) is 2.19. The lowest BCUT2D eigenvalue weighted by molar-refractivity contribution is -0.173. The standard InChI is InChI=1S/C12H22O4/c1-5-8-9(4)12(6-2,10(13)14)11(15)16-7-3/h9H,5-8H2,1-4H3,(H,13,14)/t9-,12-/m1/s1. The predicted molar refractivity (Wildman–Crippen MR) is 61.1 cm³/mol. The van der Waals surface area contributed by atoms with Crippen LogP contribution in [0.1, 0.15) is 47.0 Å². The van der Waals surface area contributed by atoms with Crippen LogP contribution in [0.15, 0.2) is 0 Å². The summed E-state index contributed by atoms with van der Waals surface area (Å²) in [6, 6.07) is 0. The number of rotatable bonds is 7. The molecule has 4 heteroatoms. The minimum Gasteiger partial charge on any atom is -0.480 e. The van der Waals surface area contributed by atoms with E-state index in [1.807, 2.05) is 6.92 Å². The van der Waals surface area contributed by atoms with Gasteiger partial charge in [-0.3, -0.25) is 9.59 Å². The lowest BCUT2D eigenvalue weighted by Gasteiger charge is -2.31. The molecule has 0 aromatic heterocycles. The van der Waals surface area contributed by atoms with Gasteiger partial charge in [0.2, 0.25) is 0 Å². The largest absolute Gasteiger partial charge is 0.480 e.